The van der Waals surface area contributed by atoms with E-state index in [1.54, 1.807) is 6.92 Å². The van der Waals surface area contributed by atoms with E-state index in [4.69, 9.17) is 9.15 Å². The second kappa shape index (κ2) is 8.05. The fraction of sp³-hybridized carbons (Fsp3) is 0.211. The number of hydrogen-bond acceptors (Lipinski definition) is 6. The summed E-state index contributed by atoms with van der Waals surface area (Å²) in [6.07, 6.45) is 0. The van der Waals surface area contributed by atoms with E-state index in [1.165, 1.54) is 11.3 Å². The average Bonchev–Trinajstić information content (AvgIpc) is 3.30. The molecule has 0 atom stereocenters. The lowest BCUT2D eigenvalue weighted by Gasteiger charge is -2.10. The van der Waals surface area contributed by atoms with Gasteiger partial charge in [0, 0.05) is 0 Å². The van der Waals surface area contributed by atoms with Gasteiger partial charge < -0.3 is 9.15 Å². The summed E-state index contributed by atoms with van der Waals surface area (Å²) >= 11 is 1.46. The van der Waals surface area contributed by atoms with Crippen molar-refractivity contribution in [3.63, 3.8) is 0 Å². The normalized spacial score (nSPS) is 10.5. The van der Waals surface area contributed by atoms with Gasteiger partial charge in [-0.2, -0.15) is 0 Å². The van der Waals surface area contributed by atoms with Crippen molar-refractivity contribution in [3.05, 3.63) is 58.3 Å². The van der Waals surface area contributed by atoms with Crippen LogP contribution in [0.2, 0.25) is 0 Å². The van der Waals surface area contributed by atoms with Crippen LogP contribution >= 0.6 is 11.3 Å². The van der Waals surface area contributed by atoms with Gasteiger partial charge in [-0.15, -0.1) is 11.3 Å². The molecule has 0 saturated carbocycles. The average molecular weight is 385 g/mol. The molecule has 0 aliphatic heterocycles. The first-order valence-corrected chi connectivity index (χ1v) is 9.12. The predicted molar refractivity (Wildman–Crippen MR) is 102 cm³/mol. The van der Waals surface area contributed by atoms with Crippen molar-refractivity contribution in [2.24, 2.45) is 0 Å². The summed E-state index contributed by atoms with van der Waals surface area (Å²) in [5, 5.41) is 1.89. The van der Waals surface area contributed by atoms with Crippen LogP contribution < -0.4 is 15.6 Å². The number of oxazole rings is 1. The highest BCUT2D eigenvalue weighted by Crippen LogP contribution is 2.25. The maximum Gasteiger partial charge on any atom is 0.291 e. The molecule has 2 aromatic heterocycles. The van der Waals surface area contributed by atoms with E-state index < -0.39 is 11.8 Å². The summed E-state index contributed by atoms with van der Waals surface area (Å²) in [6, 6.07) is 9.46. The number of hydrazine groups is 1. The Hall–Kier alpha value is -3.13. The lowest BCUT2D eigenvalue weighted by Crippen LogP contribution is -2.44. The highest BCUT2D eigenvalue weighted by Gasteiger charge is 2.19. The summed E-state index contributed by atoms with van der Waals surface area (Å²) in [6.45, 7) is 5.26. The Kier molecular flexibility index (Phi) is 5.56. The standard InChI is InChI=1S/C19H19N3O4S/c1-11-6-7-12(2)14(9-11)25-10-16(23)21-22-18(24)17-13(3)26-19(20-17)15-5-4-8-27-15/h4-9H,10H2,1-3H3,(H,21,23)(H,22,24). The highest BCUT2D eigenvalue weighted by molar-refractivity contribution is 7.13. The molecule has 0 aliphatic carbocycles. The quantitative estimate of drug-likeness (QED) is 0.658. The zero-order valence-electron chi connectivity index (χ0n) is 15.2. The molecule has 140 valence electrons. The topological polar surface area (TPSA) is 93.5 Å². The molecule has 0 unspecified atom stereocenters. The maximum atomic E-state index is 12.2. The van der Waals surface area contributed by atoms with E-state index >= 15 is 0 Å². The van der Waals surface area contributed by atoms with Gasteiger partial charge in [0.05, 0.1) is 4.88 Å². The first kappa shape index (κ1) is 18.7. The summed E-state index contributed by atoms with van der Waals surface area (Å²) in [7, 11) is 0. The van der Waals surface area contributed by atoms with Crippen LogP contribution in [-0.4, -0.2) is 23.4 Å². The second-order valence-electron chi connectivity index (χ2n) is 5.96. The fourth-order valence-corrected chi connectivity index (χ4v) is 2.99. The van der Waals surface area contributed by atoms with Gasteiger partial charge in [-0.1, -0.05) is 18.2 Å². The van der Waals surface area contributed by atoms with Crippen LogP contribution in [-0.2, 0) is 4.79 Å². The molecule has 0 aliphatic rings. The fourth-order valence-electron chi connectivity index (χ4n) is 2.34. The van der Waals surface area contributed by atoms with Crippen molar-refractivity contribution in [3.8, 4) is 16.5 Å². The minimum atomic E-state index is -0.556. The molecular weight excluding hydrogens is 366 g/mol. The number of benzene rings is 1. The van der Waals surface area contributed by atoms with Crippen LogP contribution in [0.4, 0.5) is 0 Å². The maximum absolute atomic E-state index is 12.2. The molecule has 0 saturated heterocycles. The largest absolute Gasteiger partial charge is 0.483 e. The smallest absolute Gasteiger partial charge is 0.291 e. The van der Waals surface area contributed by atoms with E-state index in [0.29, 0.717) is 17.4 Å². The molecule has 2 N–H and O–H groups in total. The van der Waals surface area contributed by atoms with Gasteiger partial charge in [-0.25, -0.2) is 4.98 Å². The van der Waals surface area contributed by atoms with Gasteiger partial charge in [-0.05, 0) is 49.4 Å². The van der Waals surface area contributed by atoms with Gasteiger partial charge in [0.15, 0.2) is 12.3 Å². The Labute approximate surface area is 160 Å². The summed E-state index contributed by atoms with van der Waals surface area (Å²) in [5.41, 5.74) is 6.72. The molecule has 27 heavy (non-hydrogen) atoms. The van der Waals surface area contributed by atoms with Crippen molar-refractivity contribution < 1.29 is 18.7 Å². The number of hydrogen-bond donors (Lipinski definition) is 2. The van der Waals surface area contributed by atoms with Crippen molar-refractivity contribution in [1.82, 2.24) is 15.8 Å². The van der Waals surface area contributed by atoms with Gasteiger partial charge in [-0.3, -0.25) is 20.4 Å². The number of carbonyl (C=O) groups is 2. The molecule has 0 bridgehead atoms. The Morgan fingerprint density at radius 2 is 2.00 bits per heavy atom. The number of carbonyl (C=O) groups excluding carboxylic acids is 2. The highest BCUT2D eigenvalue weighted by atomic mass is 32.1. The number of amides is 2. The third kappa shape index (κ3) is 4.53. The zero-order valence-corrected chi connectivity index (χ0v) is 16.0. The summed E-state index contributed by atoms with van der Waals surface area (Å²) in [5.74, 6) is 0.335. The summed E-state index contributed by atoms with van der Waals surface area (Å²) in [4.78, 5) is 29.2. The van der Waals surface area contributed by atoms with Gasteiger partial charge in [0.2, 0.25) is 5.89 Å². The number of thiophene rings is 1. The number of rotatable bonds is 5. The summed E-state index contributed by atoms with van der Waals surface area (Å²) < 4.78 is 11.0. The molecule has 2 amide bonds. The molecule has 1 aromatic carbocycles. The van der Waals surface area contributed by atoms with Gasteiger partial charge >= 0.3 is 0 Å². The molecular formula is C19H19N3O4S. The van der Waals surface area contributed by atoms with Gasteiger partial charge in [0.1, 0.15) is 11.5 Å². The second-order valence-corrected chi connectivity index (χ2v) is 6.91. The minimum Gasteiger partial charge on any atom is -0.483 e. The molecule has 2 heterocycles. The van der Waals surface area contributed by atoms with Crippen LogP contribution in [0.25, 0.3) is 10.8 Å². The Bertz CT molecular complexity index is 964. The number of nitrogens with one attached hydrogen (secondary N) is 2. The molecule has 3 rings (SSSR count). The van der Waals surface area contributed by atoms with E-state index in [2.05, 4.69) is 15.8 Å². The number of aromatic nitrogens is 1. The van der Waals surface area contributed by atoms with E-state index in [9.17, 15) is 9.59 Å². The van der Waals surface area contributed by atoms with Crippen molar-refractivity contribution in [1.29, 1.82) is 0 Å². The first-order valence-electron chi connectivity index (χ1n) is 8.24. The Balaban J connectivity index is 1.54. The Morgan fingerprint density at radius 3 is 2.74 bits per heavy atom. The van der Waals surface area contributed by atoms with Crippen molar-refractivity contribution >= 4 is 23.2 Å². The van der Waals surface area contributed by atoms with Crippen molar-refractivity contribution in [2.75, 3.05) is 6.61 Å². The number of ether oxygens (including phenoxy) is 1. The molecule has 0 radical (unpaired) electrons. The monoisotopic (exact) mass is 385 g/mol. The Morgan fingerprint density at radius 1 is 1.19 bits per heavy atom. The third-order valence-corrected chi connectivity index (χ3v) is 4.62. The lowest BCUT2D eigenvalue weighted by molar-refractivity contribution is -0.123. The molecule has 0 spiro atoms. The minimum absolute atomic E-state index is 0.120. The van der Waals surface area contributed by atoms with E-state index in [-0.39, 0.29) is 12.3 Å². The van der Waals surface area contributed by atoms with Crippen LogP contribution in [0.15, 0.2) is 40.1 Å². The van der Waals surface area contributed by atoms with Crippen molar-refractivity contribution in [2.45, 2.75) is 20.8 Å². The lowest BCUT2D eigenvalue weighted by atomic mass is 10.1. The SMILES string of the molecule is Cc1ccc(C)c(OCC(=O)NNC(=O)c2nc(-c3cccs3)oc2C)c1. The van der Waals surface area contributed by atoms with Crippen LogP contribution in [0, 0.1) is 20.8 Å². The third-order valence-electron chi connectivity index (χ3n) is 3.76. The zero-order chi connectivity index (χ0) is 19.4. The number of aryl methyl sites for hydroxylation is 3. The van der Waals surface area contributed by atoms with Gasteiger partial charge in [0.25, 0.3) is 11.8 Å². The van der Waals surface area contributed by atoms with E-state index in [1.807, 2.05) is 49.6 Å². The number of nitrogens with zero attached hydrogens (tertiary/aromatic N) is 1. The molecule has 0 fully saturated rings. The predicted octanol–water partition coefficient (Wildman–Crippen LogP) is 3.17. The molecule has 7 nitrogen and oxygen atoms in total. The van der Waals surface area contributed by atoms with Crippen LogP contribution in [0.5, 0.6) is 5.75 Å². The molecule has 3 aromatic rings. The first-order chi connectivity index (χ1) is 12.9. The van der Waals surface area contributed by atoms with E-state index in [0.717, 1.165) is 16.0 Å². The van der Waals surface area contributed by atoms with Crippen LogP contribution in [0.3, 0.4) is 0 Å². The molecule has 8 heteroatoms. The van der Waals surface area contributed by atoms with Crippen LogP contribution in [0.1, 0.15) is 27.4 Å².